The molecule has 2 rings (SSSR count). The first-order valence-corrected chi connectivity index (χ1v) is 3.40. The van der Waals surface area contributed by atoms with E-state index in [4.69, 9.17) is 0 Å². The van der Waals surface area contributed by atoms with E-state index in [0.29, 0.717) is 5.52 Å². The first-order chi connectivity index (χ1) is 5.38. The average Bonchev–Trinajstić information content (AvgIpc) is 2.06. The second-order valence-corrected chi connectivity index (χ2v) is 2.35. The van der Waals surface area contributed by atoms with Crippen molar-refractivity contribution in [3.8, 4) is 5.75 Å². The molecule has 13 heavy (non-hydrogen) atoms. The maximum absolute atomic E-state index is 9.31. The molecule has 0 aliphatic carbocycles. The van der Waals surface area contributed by atoms with Crippen molar-refractivity contribution in [1.29, 1.82) is 0 Å². The van der Waals surface area contributed by atoms with Crippen molar-refractivity contribution in [3.63, 3.8) is 0 Å². The van der Waals surface area contributed by atoms with Gasteiger partial charge in [-0.25, -0.2) is 0 Å². The van der Waals surface area contributed by atoms with Gasteiger partial charge in [-0.15, -0.1) is 0 Å². The molecule has 0 saturated carbocycles. The molecule has 0 aliphatic heterocycles. The Labute approximate surface area is 114 Å². The van der Waals surface area contributed by atoms with E-state index in [1.807, 2.05) is 18.2 Å². The van der Waals surface area contributed by atoms with Gasteiger partial charge in [-0.3, -0.25) is 4.98 Å². The van der Waals surface area contributed by atoms with Crippen molar-refractivity contribution in [1.82, 2.24) is 4.98 Å². The summed E-state index contributed by atoms with van der Waals surface area (Å²) in [4.78, 5) is 4.03. The molecule has 1 N–H and O–H groups in total. The van der Waals surface area contributed by atoms with Crippen molar-refractivity contribution in [2.45, 2.75) is 0 Å². The summed E-state index contributed by atoms with van der Waals surface area (Å²) in [7, 11) is 0. The molecular formula is C9H9LiNNaO. The van der Waals surface area contributed by atoms with E-state index >= 15 is 0 Å². The summed E-state index contributed by atoms with van der Waals surface area (Å²) in [6.45, 7) is 0. The largest absolute Gasteiger partial charge is 1.00 e. The minimum Gasteiger partial charge on any atom is -1.00 e. The number of aromatic hydroxyl groups is 1. The fourth-order valence-corrected chi connectivity index (χ4v) is 1.09. The number of hydrogen-bond acceptors (Lipinski definition) is 2. The SMILES string of the molecule is Oc1cccc2cccnc12.[H-].[H-].[Li+].[Na+]. The molecule has 1 heterocycles. The standard InChI is InChI=1S/C9H7NO.Li.Na.2H/c11-8-5-1-3-7-4-2-6-10-9(7)8;;;;/h1-6,11H;;;;/q;2*+1;2*-1. The maximum Gasteiger partial charge on any atom is 1.00 e. The van der Waals surface area contributed by atoms with Crippen LogP contribution < -0.4 is 48.4 Å². The van der Waals surface area contributed by atoms with Gasteiger partial charge >= 0.3 is 48.4 Å². The molecule has 4 heteroatoms. The minimum atomic E-state index is 0. The Kier molecular flexibility index (Phi) is 5.71. The Hall–Kier alpha value is 0.0274. The van der Waals surface area contributed by atoms with Crippen LogP contribution >= 0.6 is 0 Å². The number of nitrogens with zero attached hydrogens (tertiary/aromatic N) is 1. The van der Waals surface area contributed by atoms with Crippen molar-refractivity contribution in [3.05, 3.63) is 36.5 Å². The molecule has 0 bridgehead atoms. The van der Waals surface area contributed by atoms with Gasteiger partial charge in [0.05, 0.1) is 0 Å². The van der Waals surface area contributed by atoms with Gasteiger partial charge in [0.2, 0.25) is 0 Å². The van der Waals surface area contributed by atoms with E-state index in [1.165, 1.54) is 0 Å². The van der Waals surface area contributed by atoms with Gasteiger partial charge in [-0.05, 0) is 12.1 Å². The van der Waals surface area contributed by atoms with Crippen LogP contribution in [0, 0.1) is 0 Å². The number of phenols is 1. The van der Waals surface area contributed by atoms with Gasteiger partial charge in [0, 0.05) is 11.6 Å². The number of pyridine rings is 1. The number of rotatable bonds is 0. The Balaban J connectivity index is -0.000000360. The van der Waals surface area contributed by atoms with E-state index in [0.717, 1.165) is 5.39 Å². The molecule has 0 atom stereocenters. The zero-order valence-corrected chi connectivity index (χ0v) is 9.86. The number of para-hydroxylation sites is 1. The normalized spacial score (nSPS) is 8.62. The first kappa shape index (κ1) is 13.0. The Morgan fingerprint density at radius 1 is 1.15 bits per heavy atom. The number of phenolic OH excluding ortho intramolecular Hbond substituents is 1. The summed E-state index contributed by atoms with van der Waals surface area (Å²) in [6, 6.07) is 9.13. The Morgan fingerprint density at radius 3 is 2.54 bits per heavy atom. The van der Waals surface area contributed by atoms with Crippen LogP contribution in [0.1, 0.15) is 2.85 Å². The van der Waals surface area contributed by atoms with Gasteiger partial charge in [-0.1, -0.05) is 18.2 Å². The molecule has 0 radical (unpaired) electrons. The minimum absolute atomic E-state index is 0. The summed E-state index contributed by atoms with van der Waals surface area (Å²) >= 11 is 0. The maximum atomic E-state index is 9.31. The summed E-state index contributed by atoms with van der Waals surface area (Å²) in [6.07, 6.45) is 1.67. The van der Waals surface area contributed by atoms with E-state index in [9.17, 15) is 5.11 Å². The molecule has 58 valence electrons. The van der Waals surface area contributed by atoms with Crippen LogP contribution in [0.3, 0.4) is 0 Å². The summed E-state index contributed by atoms with van der Waals surface area (Å²) in [5.74, 6) is 0.239. The van der Waals surface area contributed by atoms with Crippen molar-refractivity contribution >= 4 is 10.9 Å². The molecule has 0 spiro atoms. The zero-order chi connectivity index (χ0) is 7.68. The van der Waals surface area contributed by atoms with Gasteiger partial charge < -0.3 is 7.96 Å². The van der Waals surface area contributed by atoms with Crippen LogP contribution in [0.5, 0.6) is 5.75 Å². The van der Waals surface area contributed by atoms with E-state index in [-0.39, 0.29) is 57.0 Å². The zero-order valence-electron chi connectivity index (χ0n) is 9.86. The molecule has 1 aromatic carbocycles. The van der Waals surface area contributed by atoms with Crippen molar-refractivity contribution < 1.29 is 56.4 Å². The summed E-state index contributed by atoms with van der Waals surface area (Å²) < 4.78 is 0. The fraction of sp³-hybridized carbons (Fsp3) is 0. The van der Waals surface area contributed by atoms with Crippen LogP contribution in [0.15, 0.2) is 36.5 Å². The third kappa shape index (κ3) is 2.74. The molecular weight excluding hydrogens is 168 g/mol. The van der Waals surface area contributed by atoms with Gasteiger partial charge in [0.1, 0.15) is 11.3 Å². The molecule has 2 nitrogen and oxygen atoms in total. The van der Waals surface area contributed by atoms with Crippen LogP contribution in [0.4, 0.5) is 0 Å². The molecule has 1 aromatic heterocycles. The molecule has 0 aliphatic rings. The number of fused-ring (bicyclic) bond motifs is 1. The quantitative estimate of drug-likeness (QED) is 0.418. The van der Waals surface area contributed by atoms with Crippen LogP contribution in [-0.2, 0) is 0 Å². The molecule has 0 amide bonds. The molecule has 0 fully saturated rings. The van der Waals surface area contributed by atoms with E-state index in [1.54, 1.807) is 18.3 Å². The Morgan fingerprint density at radius 2 is 1.85 bits per heavy atom. The smallest absolute Gasteiger partial charge is 1.00 e. The molecule has 0 saturated heterocycles. The van der Waals surface area contributed by atoms with Crippen LogP contribution in [0.2, 0.25) is 0 Å². The fourth-order valence-electron chi connectivity index (χ4n) is 1.09. The second kappa shape index (κ2) is 5.69. The van der Waals surface area contributed by atoms with Crippen molar-refractivity contribution in [2.24, 2.45) is 0 Å². The third-order valence-electron chi connectivity index (χ3n) is 1.61. The van der Waals surface area contributed by atoms with Crippen LogP contribution in [-0.4, -0.2) is 10.1 Å². The van der Waals surface area contributed by atoms with Gasteiger partial charge in [0.15, 0.2) is 0 Å². The average molecular weight is 177 g/mol. The van der Waals surface area contributed by atoms with E-state index < -0.39 is 0 Å². The number of benzene rings is 1. The third-order valence-corrected chi connectivity index (χ3v) is 1.61. The van der Waals surface area contributed by atoms with Crippen LogP contribution in [0.25, 0.3) is 10.9 Å². The topological polar surface area (TPSA) is 33.1 Å². The predicted molar refractivity (Wildman–Crippen MR) is 45.6 cm³/mol. The van der Waals surface area contributed by atoms with Crippen molar-refractivity contribution in [2.75, 3.05) is 0 Å². The van der Waals surface area contributed by atoms with E-state index in [2.05, 4.69) is 4.98 Å². The summed E-state index contributed by atoms with van der Waals surface area (Å²) in [5.41, 5.74) is 0.662. The number of hydrogen-bond donors (Lipinski definition) is 1. The molecule has 0 unspecified atom stereocenters. The first-order valence-electron chi connectivity index (χ1n) is 3.40. The number of aromatic nitrogens is 1. The predicted octanol–water partition coefficient (Wildman–Crippen LogP) is -3.83. The second-order valence-electron chi connectivity index (χ2n) is 2.35. The monoisotopic (exact) mass is 177 g/mol. The Bertz CT molecular complexity index is 397. The molecule has 2 aromatic rings. The van der Waals surface area contributed by atoms with Gasteiger partial charge in [-0.2, -0.15) is 0 Å². The van der Waals surface area contributed by atoms with Gasteiger partial charge in [0.25, 0.3) is 0 Å². The summed E-state index contributed by atoms with van der Waals surface area (Å²) in [5, 5.41) is 10.3.